The lowest BCUT2D eigenvalue weighted by Gasteiger charge is -2.20. The Morgan fingerprint density at radius 3 is 2.70 bits per heavy atom. The summed E-state index contributed by atoms with van der Waals surface area (Å²) in [6.45, 7) is 1.69. The third-order valence-corrected chi connectivity index (χ3v) is 2.51. The summed E-state index contributed by atoms with van der Waals surface area (Å²) >= 11 is 0. The van der Waals surface area contributed by atoms with E-state index in [-0.39, 0.29) is 0 Å². The van der Waals surface area contributed by atoms with E-state index in [1.165, 1.54) is 12.8 Å². The Morgan fingerprint density at radius 2 is 2.10 bits per heavy atom. The van der Waals surface area contributed by atoms with E-state index in [1.54, 1.807) is 0 Å². The number of Topliss-reactive ketones (excluding diaryl/α,β-unsaturated/α-hetero) is 1. The molecule has 56 valence electrons. The van der Waals surface area contributed by atoms with Gasteiger partial charge in [-0.2, -0.15) is 0 Å². The van der Waals surface area contributed by atoms with Crippen LogP contribution in [0.1, 0.15) is 19.3 Å². The van der Waals surface area contributed by atoms with E-state index in [4.69, 9.17) is 0 Å². The number of hydrogen-bond donors (Lipinski definition) is 1. The molecule has 2 nitrogen and oxygen atoms in total. The summed E-state index contributed by atoms with van der Waals surface area (Å²) in [7, 11) is 0. The minimum absolute atomic E-state index is 0.406. The second-order valence-electron chi connectivity index (χ2n) is 3.47. The van der Waals surface area contributed by atoms with E-state index >= 15 is 0 Å². The van der Waals surface area contributed by atoms with Crippen molar-refractivity contribution in [1.29, 1.82) is 0 Å². The molecule has 1 heterocycles. The molecule has 1 saturated carbocycles. The van der Waals surface area contributed by atoms with Gasteiger partial charge >= 0.3 is 0 Å². The lowest BCUT2D eigenvalue weighted by atomic mass is 9.94. The number of rotatable bonds is 1. The van der Waals surface area contributed by atoms with Crippen molar-refractivity contribution >= 4 is 5.78 Å². The first kappa shape index (κ1) is 6.35. The van der Waals surface area contributed by atoms with Crippen molar-refractivity contribution in [2.24, 2.45) is 11.8 Å². The summed E-state index contributed by atoms with van der Waals surface area (Å²) < 4.78 is 0. The van der Waals surface area contributed by atoms with Crippen molar-refractivity contribution in [2.75, 3.05) is 13.1 Å². The molecule has 2 aliphatic rings. The molecular formula is C8H13NO. The van der Waals surface area contributed by atoms with Gasteiger partial charge in [0.15, 0.2) is 0 Å². The van der Waals surface area contributed by atoms with Gasteiger partial charge < -0.3 is 5.32 Å². The average molecular weight is 139 g/mol. The zero-order valence-corrected chi connectivity index (χ0v) is 6.10. The maximum absolute atomic E-state index is 10.9. The molecule has 0 radical (unpaired) electrons. The van der Waals surface area contributed by atoms with Gasteiger partial charge in [-0.3, -0.25) is 4.79 Å². The van der Waals surface area contributed by atoms with Gasteiger partial charge in [0.25, 0.3) is 0 Å². The Balaban J connectivity index is 1.89. The van der Waals surface area contributed by atoms with E-state index in [1.807, 2.05) is 0 Å². The lowest BCUT2D eigenvalue weighted by Crippen LogP contribution is -2.37. The van der Waals surface area contributed by atoms with Crippen molar-refractivity contribution in [3.05, 3.63) is 0 Å². The number of nitrogens with one attached hydrogen (secondary N) is 1. The van der Waals surface area contributed by atoms with Gasteiger partial charge in [-0.05, 0) is 31.2 Å². The van der Waals surface area contributed by atoms with Crippen LogP contribution in [0.4, 0.5) is 0 Å². The standard InChI is InChI=1S/C8H13NO/c10-8-3-7(4-9-5-8)6-1-2-6/h6-7,9H,1-5H2. The Hall–Kier alpha value is -0.370. The van der Waals surface area contributed by atoms with Gasteiger partial charge in [-0.15, -0.1) is 0 Å². The molecule has 1 unspecified atom stereocenters. The molecule has 2 fully saturated rings. The average Bonchev–Trinajstić information content (AvgIpc) is 2.68. The molecule has 0 bridgehead atoms. The molecule has 1 saturated heterocycles. The third kappa shape index (κ3) is 1.21. The molecule has 0 aromatic heterocycles. The molecule has 0 spiro atoms. The SMILES string of the molecule is O=C1CNCC(C2CC2)C1. The second-order valence-corrected chi connectivity index (χ2v) is 3.47. The second kappa shape index (κ2) is 2.35. The van der Waals surface area contributed by atoms with Crippen LogP contribution >= 0.6 is 0 Å². The van der Waals surface area contributed by atoms with Crippen LogP contribution in [0.3, 0.4) is 0 Å². The van der Waals surface area contributed by atoms with Crippen molar-refractivity contribution in [3.63, 3.8) is 0 Å². The smallest absolute Gasteiger partial charge is 0.146 e. The fourth-order valence-electron chi connectivity index (χ4n) is 1.73. The molecule has 0 aromatic rings. The predicted molar refractivity (Wildman–Crippen MR) is 38.7 cm³/mol. The maximum Gasteiger partial charge on any atom is 0.146 e. The van der Waals surface area contributed by atoms with E-state index in [9.17, 15) is 4.79 Å². The van der Waals surface area contributed by atoms with Gasteiger partial charge in [-0.1, -0.05) is 0 Å². The topological polar surface area (TPSA) is 29.1 Å². The highest BCUT2D eigenvalue weighted by molar-refractivity contribution is 5.81. The molecule has 0 aromatic carbocycles. The van der Waals surface area contributed by atoms with Crippen LogP contribution in [0.2, 0.25) is 0 Å². The molecule has 2 rings (SSSR count). The third-order valence-electron chi connectivity index (χ3n) is 2.51. The Bertz CT molecular complexity index is 151. The fourth-order valence-corrected chi connectivity index (χ4v) is 1.73. The monoisotopic (exact) mass is 139 g/mol. The summed E-state index contributed by atoms with van der Waals surface area (Å²) in [6.07, 6.45) is 3.57. The molecule has 1 atom stereocenters. The van der Waals surface area contributed by atoms with E-state index in [0.29, 0.717) is 18.2 Å². The molecular weight excluding hydrogens is 126 g/mol. The van der Waals surface area contributed by atoms with Crippen LogP contribution in [-0.4, -0.2) is 18.9 Å². The van der Waals surface area contributed by atoms with Crippen molar-refractivity contribution in [1.82, 2.24) is 5.32 Å². The minimum Gasteiger partial charge on any atom is -0.310 e. The normalized spacial score (nSPS) is 34.4. The highest BCUT2D eigenvalue weighted by Gasteiger charge is 2.33. The van der Waals surface area contributed by atoms with Crippen LogP contribution in [0.5, 0.6) is 0 Å². The first-order valence-corrected chi connectivity index (χ1v) is 4.08. The summed E-state index contributed by atoms with van der Waals surface area (Å²) in [5, 5.41) is 3.16. The summed E-state index contributed by atoms with van der Waals surface area (Å²) in [5.74, 6) is 1.97. The van der Waals surface area contributed by atoms with Crippen LogP contribution in [0.15, 0.2) is 0 Å². The number of ketones is 1. The first-order valence-electron chi connectivity index (χ1n) is 4.08. The predicted octanol–water partition coefficient (Wildman–Crippen LogP) is 0.575. The van der Waals surface area contributed by atoms with E-state index < -0.39 is 0 Å². The maximum atomic E-state index is 10.9. The van der Waals surface area contributed by atoms with Crippen LogP contribution in [-0.2, 0) is 4.79 Å². The first-order chi connectivity index (χ1) is 4.86. The molecule has 1 aliphatic carbocycles. The van der Waals surface area contributed by atoms with Crippen molar-refractivity contribution in [3.8, 4) is 0 Å². The molecule has 1 N–H and O–H groups in total. The van der Waals surface area contributed by atoms with Gasteiger partial charge in [-0.25, -0.2) is 0 Å². The quantitative estimate of drug-likeness (QED) is 0.575. The zero-order chi connectivity index (χ0) is 6.97. The lowest BCUT2D eigenvalue weighted by molar-refractivity contribution is -0.120. The fraction of sp³-hybridized carbons (Fsp3) is 0.875. The zero-order valence-electron chi connectivity index (χ0n) is 6.10. The van der Waals surface area contributed by atoms with Gasteiger partial charge in [0.1, 0.15) is 5.78 Å². The van der Waals surface area contributed by atoms with Gasteiger partial charge in [0, 0.05) is 6.42 Å². The Kier molecular flexibility index (Phi) is 1.49. The van der Waals surface area contributed by atoms with E-state index in [0.717, 1.165) is 18.9 Å². The number of carbonyl (C=O) groups is 1. The highest BCUT2D eigenvalue weighted by Crippen LogP contribution is 2.38. The van der Waals surface area contributed by atoms with Crippen LogP contribution in [0.25, 0.3) is 0 Å². The highest BCUT2D eigenvalue weighted by atomic mass is 16.1. The number of piperidine rings is 1. The summed E-state index contributed by atoms with van der Waals surface area (Å²) in [4.78, 5) is 10.9. The number of carbonyl (C=O) groups excluding carboxylic acids is 1. The minimum atomic E-state index is 0.406. The number of hydrogen-bond acceptors (Lipinski definition) is 2. The Morgan fingerprint density at radius 1 is 1.30 bits per heavy atom. The molecule has 1 aliphatic heterocycles. The van der Waals surface area contributed by atoms with Gasteiger partial charge in [0.05, 0.1) is 6.54 Å². The van der Waals surface area contributed by atoms with E-state index in [2.05, 4.69) is 5.32 Å². The van der Waals surface area contributed by atoms with Crippen molar-refractivity contribution in [2.45, 2.75) is 19.3 Å². The Labute approximate surface area is 61.0 Å². The largest absolute Gasteiger partial charge is 0.310 e. The summed E-state index contributed by atoms with van der Waals surface area (Å²) in [6, 6.07) is 0. The molecule has 0 amide bonds. The van der Waals surface area contributed by atoms with Crippen LogP contribution in [0, 0.1) is 11.8 Å². The molecule has 10 heavy (non-hydrogen) atoms. The van der Waals surface area contributed by atoms with Gasteiger partial charge in [0.2, 0.25) is 0 Å². The van der Waals surface area contributed by atoms with Crippen molar-refractivity contribution < 1.29 is 4.79 Å². The molecule has 2 heteroatoms. The summed E-state index contributed by atoms with van der Waals surface area (Å²) in [5.41, 5.74) is 0. The van der Waals surface area contributed by atoms with Crippen LogP contribution < -0.4 is 5.32 Å².